The maximum atomic E-state index is 12.0. The Balaban J connectivity index is 1.31. The van der Waals surface area contributed by atoms with E-state index in [0.29, 0.717) is 35.1 Å². The van der Waals surface area contributed by atoms with E-state index < -0.39 is 17.8 Å². The van der Waals surface area contributed by atoms with E-state index in [-0.39, 0.29) is 31.8 Å². The largest absolute Gasteiger partial charge is 0.494 e. The molecule has 1 aromatic carbocycles. The van der Waals surface area contributed by atoms with Crippen LogP contribution in [0.1, 0.15) is 44.6 Å². The van der Waals surface area contributed by atoms with Gasteiger partial charge in [-0.15, -0.1) is 5.06 Å². The number of carbonyl (C=O) groups excluding carboxylic acids is 4. The Labute approximate surface area is 216 Å². The Morgan fingerprint density at radius 2 is 1.83 bits per heavy atom. The van der Waals surface area contributed by atoms with E-state index >= 15 is 0 Å². The molecule has 12 heteroatoms. The number of benzene rings is 1. The summed E-state index contributed by atoms with van der Waals surface area (Å²) in [6.45, 7) is 2.05. The molecule has 0 spiro atoms. The Bertz CT molecular complexity index is 1080. The van der Waals surface area contributed by atoms with E-state index in [1.54, 1.807) is 36.0 Å². The summed E-state index contributed by atoms with van der Waals surface area (Å²) in [7, 11) is 3.09. The zero-order valence-corrected chi connectivity index (χ0v) is 21.3. The fourth-order valence-electron chi connectivity index (χ4n) is 2.90. The van der Waals surface area contributed by atoms with Crippen molar-refractivity contribution in [3.8, 4) is 5.75 Å². The zero-order valence-electron chi connectivity index (χ0n) is 19.7. The van der Waals surface area contributed by atoms with E-state index in [2.05, 4.69) is 15.5 Å². The molecule has 1 aliphatic heterocycles. The first-order valence-electron chi connectivity index (χ1n) is 11.3. The van der Waals surface area contributed by atoms with Gasteiger partial charge in [-0.1, -0.05) is 16.9 Å². The van der Waals surface area contributed by atoms with E-state index in [4.69, 9.17) is 9.57 Å². The third-order valence-corrected chi connectivity index (χ3v) is 7.07. The predicted molar refractivity (Wildman–Crippen MR) is 136 cm³/mol. The number of hydrogen-bond donors (Lipinski definition) is 1. The lowest BCUT2D eigenvalue weighted by atomic mass is 10.1. The molecule has 0 unspecified atom stereocenters. The van der Waals surface area contributed by atoms with Crippen molar-refractivity contribution < 1.29 is 28.8 Å². The van der Waals surface area contributed by atoms with Crippen molar-refractivity contribution in [2.45, 2.75) is 44.1 Å². The van der Waals surface area contributed by atoms with Crippen LogP contribution in [0.3, 0.4) is 0 Å². The summed E-state index contributed by atoms with van der Waals surface area (Å²) < 4.78 is 5.61. The van der Waals surface area contributed by atoms with Crippen LogP contribution in [0.25, 0.3) is 0 Å². The van der Waals surface area contributed by atoms with Crippen LogP contribution in [-0.4, -0.2) is 51.8 Å². The minimum absolute atomic E-state index is 0.0148. The average Bonchev–Trinajstić information content (AvgIpc) is 3.20. The molecule has 2 heterocycles. The Hall–Kier alpha value is -3.38. The standard InChI is InChI=1S/C24H26N4O6S2/c1-17(26-27-20(29)13-16-35-36-21-5-2-3-14-25-21)18-7-9-19(10-8-18)33-15-4-6-24(32)34-28-22(30)11-12-23(28)31/h2-3,5,7-10,14H,4,6,11-13,15-16H2,1H3,(H,27,29)/b26-17+. The molecular formula is C24H26N4O6S2. The molecule has 3 rings (SSSR count). The lowest BCUT2D eigenvalue weighted by molar-refractivity contribution is -0.197. The normalized spacial score (nSPS) is 13.6. The van der Waals surface area contributed by atoms with Gasteiger partial charge in [0.15, 0.2) is 0 Å². The molecule has 10 nitrogen and oxygen atoms in total. The van der Waals surface area contributed by atoms with Gasteiger partial charge in [-0.3, -0.25) is 14.4 Å². The van der Waals surface area contributed by atoms with Crippen LogP contribution in [0.2, 0.25) is 0 Å². The molecule has 2 aromatic rings. The van der Waals surface area contributed by atoms with Crippen molar-refractivity contribution in [3.05, 3.63) is 54.2 Å². The van der Waals surface area contributed by atoms with Crippen LogP contribution in [0.4, 0.5) is 0 Å². The number of pyridine rings is 1. The first-order chi connectivity index (χ1) is 17.4. The maximum Gasteiger partial charge on any atom is 0.333 e. The molecule has 3 amide bonds. The first-order valence-corrected chi connectivity index (χ1v) is 13.6. The van der Waals surface area contributed by atoms with Crippen molar-refractivity contribution in [2.75, 3.05) is 12.4 Å². The van der Waals surface area contributed by atoms with E-state index in [1.807, 2.05) is 30.3 Å². The van der Waals surface area contributed by atoms with Gasteiger partial charge in [0.1, 0.15) is 10.8 Å². The van der Waals surface area contributed by atoms with Gasteiger partial charge in [0.2, 0.25) is 5.91 Å². The Kier molecular flexibility index (Phi) is 10.8. The topological polar surface area (TPSA) is 127 Å². The average molecular weight is 531 g/mol. The second-order valence-electron chi connectivity index (χ2n) is 7.58. The summed E-state index contributed by atoms with van der Waals surface area (Å²) in [4.78, 5) is 55.7. The minimum atomic E-state index is -0.656. The fraction of sp³-hybridized carbons (Fsp3) is 0.333. The van der Waals surface area contributed by atoms with Gasteiger partial charge < -0.3 is 9.57 Å². The zero-order chi connectivity index (χ0) is 25.8. The van der Waals surface area contributed by atoms with Crippen LogP contribution in [0.15, 0.2) is 58.8 Å². The van der Waals surface area contributed by atoms with E-state index in [1.165, 1.54) is 10.8 Å². The molecular weight excluding hydrogens is 504 g/mol. The van der Waals surface area contributed by atoms with Gasteiger partial charge in [-0.2, -0.15) is 5.10 Å². The third-order valence-electron chi connectivity index (χ3n) is 4.81. The van der Waals surface area contributed by atoms with Gasteiger partial charge in [0, 0.05) is 31.2 Å². The second kappa shape index (κ2) is 14.2. The van der Waals surface area contributed by atoms with Gasteiger partial charge in [0.25, 0.3) is 11.8 Å². The molecule has 1 aliphatic rings. The number of hydrazone groups is 1. The molecule has 1 saturated heterocycles. The summed E-state index contributed by atoms with van der Waals surface area (Å²) in [5, 5.41) is 5.59. The van der Waals surface area contributed by atoms with Crippen LogP contribution >= 0.6 is 21.6 Å². The van der Waals surface area contributed by atoms with Crippen LogP contribution in [0, 0.1) is 0 Å². The van der Waals surface area contributed by atoms with Gasteiger partial charge in [-0.05, 0) is 66.1 Å². The number of imide groups is 1. The van der Waals surface area contributed by atoms with Crippen molar-refractivity contribution in [2.24, 2.45) is 5.10 Å². The highest BCUT2D eigenvalue weighted by Crippen LogP contribution is 2.29. The number of nitrogens with zero attached hydrogens (tertiary/aromatic N) is 3. The second-order valence-corrected chi connectivity index (χ2v) is 10.0. The molecule has 1 fully saturated rings. The number of aromatic nitrogens is 1. The molecule has 0 bridgehead atoms. The number of amides is 3. The summed E-state index contributed by atoms with van der Waals surface area (Å²) in [6, 6.07) is 12.9. The molecule has 1 aromatic heterocycles. The van der Waals surface area contributed by atoms with Crippen molar-refractivity contribution in [1.82, 2.24) is 15.5 Å². The predicted octanol–water partition coefficient (Wildman–Crippen LogP) is 3.52. The van der Waals surface area contributed by atoms with Gasteiger partial charge in [0.05, 0.1) is 18.7 Å². The summed E-state index contributed by atoms with van der Waals surface area (Å²) in [5.74, 6) is -0.579. The highest BCUT2D eigenvalue weighted by molar-refractivity contribution is 8.76. The fourth-order valence-corrected chi connectivity index (χ4v) is 4.77. The quantitative estimate of drug-likeness (QED) is 0.136. The molecule has 1 N–H and O–H groups in total. The molecule has 0 atom stereocenters. The number of rotatable bonds is 13. The van der Waals surface area contributed by atoms with Crippen LogP contribution < -0.4 is 10.2 Å². The third kappa shape index (κ3) is 9.00. The number of hydrogen-bond acceptors (Lipinski definition) is 10. The van der Waals surface area contributed by atoms with Gasteiger partial charge >= 0.3 is 5.97 Å². The van der Waals surface area contributed by atoms with Crippen LogP contribution in [-0.2, 0) is 24.0 Å². The summed E-state index contributed by atoms with van der Waals surface area (Å²) >= 11 is 0. The molecule has 0 radical (unpaired) electrons. The molecule has 36 heavy (non-hydrogen) atoms. The Morgan fingerprint density at radius 1 is 1.08 bits per heavy atom. The SMILES string of the molecule is C/C(=N\NC(=O)CCSSc1ccccn1)c1ccc(OCCCC(=O)ON2C(=O)CCC2=O)cc1. The number of nitrogens with one attached hydrogen (secondary N) is 1. The highest BCUT2D eigenvalue weighted by atomic mass is 33.1. The number of hydroxylamine groups is 2. The number of ether oxygens (including phenoxy) is 1. The van der Waals surface area contributed by atoms with Crippen molar-refractivity contribution >= 4 is 51.0 Å². The monoisotopic (exact) mass is 530 g/mol. The number of carbonyl (C=O) groups is 4. The molecule has 190 valence electrons. The lowest BCUT2D eigenvalue weighted by Crippen LogP contribution is -2.32. The van der Waals surface area contributed by atoms with Crippen molar-refractivity contribution in [1.29, 1.82) is 0 Å². The van der Waals surface area contributed by atoms with E-state index in [9.17, 15) is 19.2 Å². The lowest BCUT2D eigenvalue weighted by Gasteiger charge is -2.12. The first kappa shape index (κ1) is 27.2. The highest BCUT2D eigenvalue weighted by Gasteiger charge is 2.32. The maximum absolute atomic E-state index is 12.0. The Morgan fingerprint density at radius 3 is 2.53 bits per heavy atom. The molecule has 0 aliphatic carbocycles. The van der Waals surface area contributed by atoms with Crippen LogP contribution in [0.5, 0.6) is 5.75 Å². The summed E-state index contributed by atoms with van der Waals surface area (Å²) in [6.07, 6.45) is 2.58. The summed E-state index contributed by atoms with van der Waals surface area (Å²) in [5.41, 5.74) is 4.05. The minimum Gasteiger partial charge on any atom is -0.494 e. The van der Waals surface area contributed by atoms with E-state index in [0.717, 1.165) is 10.6 Å². The molecule has 0 saturated carbocycles. The van der Waals surface area contributed by atoms with Crippen molar-refractivity contribution in [3.63, 3.8) is 0 Å². The smallest absolute Gasteiger partial charge is 0.333 e. The van der Waals surface area contributed by atoms with Gasteiger partial charge in [-0.25, -0.2) is 15.2 Å².